The second-order valence-electron chi connectivity index (χ2n) is 3.69. The summed E-state index contributed by atoms with van der Waals surface area (Å²) in [6.45, 7) is 1.78. The number of benzene rings is 1. The van der Waals surface area contributed by atoms with Gasteiger partial charge in [-0.15, -0.1) is 0 Å². The van der Waals surface area contributed by atoms with Gasteiger partial charge in [-0.05, 0) is 31.2 Å². The number of halogens is 2. The molecule has 0 aliphatic carbocycles. The average molecular weight is 269 g/mol. The van der Waals surface area contributed by atoms with Crippen LogP contribution in [0, 0.1) is 0 Å². The van der Waals surface area contributed by atoms with Crippen molar-refractivity contribution in [2.24, 2.45) is 0 Å². The molecule has 1 heterocycles. The molecule has 0 aliphatic heterocycles. The van der Waals surface area contributed by atoms with Gasteiger partial charge in [-0.1, -0.05) is 23.2 Å². The van der Waals surface area contributed by atoms with Crippen LogP contribution in [-0.4, -0.2) is 15.6 Å². The van der Waals surface area contributed by atoms with E-state index in [0.29, 0.717) is 15.6 Å². The zero-order valence-corrected chi connectivity index (χ0v) is 10.6. The van der Waals surface area contributed by atoms with E-state index in [1.54, 1.807) is 42.1 Å². The van der Waals surface area contributed by atoms with E-state index in [1.807, 2.05) is 0 Å². The lowest BCUT2D eigenvalue weighted by Crippen LogP contribution is -2.16. The predicted octanol–water partition coefficient (Wildman–Crippen LogP) is 3.63. The fourth-order valence-electron chi connectivity index (χ4n) is 1.50. The summed E-state index contributed by atoms with van der Waals surface area (Å²) in [6.07, 6.45) is 3.13. The van der Waals surface area contributed by atoms with Crippen LogP contribution in [0.15, 0.2) is 36.7 Å². The zero-order valence-electron chi connectivity index (χ0n) is 9.10. The van der Waals surface area contributed by atoms with Crippen LogP contribution >= 0.6 is 23.2 Å². The van der Waals surface area contributed by atoms with Crippen molar-refractivity contribution >= 4 is 29.0 Å². The fraction of sp³-hybridized carbons (Fsp3) is 0.167. The van der Waals surface area contributed by atoms with Crippen LogP contribution in [-0.2, 0) is 0 Å². The summed E-state index contributed by atoms with van der Waals surface area (Å²) < 4.78 is 1.54. The minimum Gasteiger partial charge on any atom is -0.292 e. The number of nitrogens with zero attached hydrogens (tertiary/aromatic N) is 2. The third-order valence-corrected chi connectivity index (χ3v) is 2.92. The Kier molecular flexibility index (Phi) is 3.50. The molecule has 0 spiro atoms. The third kappa shape index (κ3) is 2.68. The summed E-state index contributed by atoms with van der Waals surface area (Å²) in [6, 6.07) is 6.40. The van der Waals surface area contributed by atoms with E-state index in [0.717, 1.165) is 0 Å². The molecule has 1 aromatic heterocycles. The molecule has 1 unspecified atom stereocenters. The molecule has 0 N–H and O–H groups in total. The summed E-state index contributed by atoms with van der Waals surface area (Å²) in [4.78, 5) is 12.1. The smallest absolute Gasteiger partial charge is 0.187 e. The van der Waals surface area contributed by atoms with E-state index in [1.165, 1.54) is 6.20 Å². The molecule has 0 bridgehead atoms. The van der Waals surface area contributed by atoms with Gasteiger partial charge >= 0.3 is 0 Å². The number of ketones is 1. The maximum absolute atomic E-state index is 12.1. The van der Waals surface area contributed by atoms with E-state index in [4.69, 9.17) is 23.2 Å². The highest BCUT2D eigenvalue weighted by Crippen LogP contribution is 2.17. The van der Waals surface area contributed by atoms with Gasteiger partial charge in [0.05, 0.1) is 11.2 Å². The fourth-order valence-corrected chi connectivity index (χ4v) is 1.77. The molecule has 0 saturated heterocycles. The van der Waals surface area contributed by atoms with Crippen molar-refractivity contribution < 1.29 is 4.79 Å². The summed E-state index contributed by atoms with van der Waals surface area (Å²) >= 11 is 11.5. The first-order valence-corrected chi connectivity index (χ1v) is 5.83. The van der Waals surface area contributed by atoms with Crippen LogP contribution in [0.4, 0.5) is 0 Å². The van der Waals surface area contributed by atoms with Gasteiger partial charge in [-0.25, -0.2) is 0 Å². The Balaban J connectivity index is 2.23. The lowest BCUT2D eigenvalue weighted by atomic mass is 10.1. The van der Waals surface area contributed by atoms with Crippen LogP contribution in [0.25, 0.3) is 0 Å². The van der Waals surface area contributed by atoms with Crippen molar-refractivity contribution in [2.45, 2.75) is 13.0 Å². The first-order valence-electron chi connectivity index (χ1n) is 5.07. The normalized spacial score (nSPS) is 12.4. The van der Waals surface area contributed by atoms with Crippen molar-refractivity contribution in [1.29, 1.82) is 0 Å². The molecule has 0 saturated carbocycles. The van der Waals surface area contributed by atoms with Crippen LogP contribution in [0.2, 0.25) is 10.0 Å². The first kappa shape index (κ1) is 12.1. The largest absolute Gasteiger partial charge is 0.292 e. The highest BCUT2D eigenvalue weighted by atomic mass is 35.5. The van der Waals surface area contributed by atoms with Gasteiger partial charge in [0.2, 0.25) is 0 Å². The van der Waals surface area contributed by atoms with Crippen molar-refractivity contribution in [3.63, 3.8) is 0 Å². The average Bonchev–Trinajstić information content (AvgIpc) is 2.75. The Bertz CT molecular complexity index is 534. The van der Waals surface area contributed by atoms with Gasteiger partial charge in [0.25, 0.3) is 0 Å². The number of carbonyl (C=O) groups excluding carboxylic acids is 1. The highest BCUT2D eigenvalue weighted by Gasteiger charge is 2.17. The van der Waals surface area contributed by atoms with Gasteiger partial charge in [-0.3, -0.25) is 9.48 Å². The van der Waals surface area contributed by atoms with E-state index >= 15 is 0 Å². The van der Waals surface area contributed by atoms with Crippen LogP contribution in [0.5, 0.6) is 0 Å². The number of hydrogen-bond acceptors (Lipinski definition) is 2. The molecular formula is C12H10Cl2N2O. The highest BCUT2D eigenvalue weighted by molar-refractivity contribution is 6.30. The number of aromatic nitrogens is 2. The summed E-state index contributed by atoms with van der Waals surface area (Å²) in [5.74, 6) is -0.0265. The van der Waals surface area contributed by atoms with Gasteiger partial charge in [0, 0.05) is 16.8 Å². The monoisotopic (exact) mass is 268 g/mol. The Morgan fingerprint density at radius 2 is 1.88 bits per heavy atom. The maximum Gasteiger partial charge on any atom is 0.187 e. The Morgan fingerprint density at radius 3 is 2.41 bits per heavy atom. The zero-order chi connectivity index (χ0) is 12.4. The topological polar surface area (TPSA) is 34.9 Å². The molecule has 2 rings (SSSR count). The Hall–Kier alpha value is -1.32. The minimum atomic E-state index is -0.385. The Labute approximate surface area is 109 Å². The standard InChI is InChI=1S/C12H10Cl2N2O/c1-8(16-7-11(14)6-15-16)12(17)9-2-4-10(13)5-3-9/h2-8H,1H3. The molecule has 3 nitrogen and oxygen atoms in total. The van der Waals surface area contributed by atoms with E-state index in [2.05, 4.69) is 5.10 Å². The van der Waals surface area contributed by atoms with Crippen molar-refractivity contribution in [2.75, 3.05) is 0 Å². The molecule has 0 aliphatic rings. The molecule has 5 heteroatoms. The minimum absolute atomic E-state index is 0.0265. The lowest BCUT2D eigenvalue weighted by molar-refractivity contribution is 0.0928. The SMILES string of the molecule is CC(C(=O)c1ccc(Cl)cc1)n1cc(Cl)cn1. The van der Waals surface area contributed by atoms with Gasteiger partial charge in [0.1, 0.15) is 6.04 Å². The number of rotatable bonds is 3. The lowest BCUT2D eigenvalue weighted by Gasteiger charge is -2.10. The summed E-state index contributed by atoms with van der Waals surface area (Å²) in [5, 5.41) is 5.14. The second-order valence-corrected chi connectivity index (χ2v) is 4.56. The van der Waals surface area contributed by atoms with E-state index in [-0.39, 0.29) is 11.8 Å². The molecule has 1 aromatic carbocycles. The molecule has 17 heavy (non-hydrogen) atoms. The predicted molar refractivity (Wildman–Crippen MR) is 67.7 cm³/mol. The molecule has 0 amide bonds. The van der Waals surface area contributed by atoms with E-state index < -0.39 is 0 Å². The Morgan fingerprint density at radius 1 is 1.24 bits per heavy atom. The van der Waals surface area contributed by atoms with Crippen molar-refractivity contribution in [3.05, 3.63) is 52.3 Å². The van der Waals surface area contributed by atoms with Crippen molar-refractivity contribution in [3.8, 4) is 0 Å². The molecule has 0 fully saturated rings. The molecule has 88 valence electrons. The van der Waals surface area contributed by atoms with Gasteiger partial charge in [0.15, 0.2) is 5.78 Å². The number of Topliss-reactive ketones (excluding diaryl/α,β-unsaturated/α-hetero) is 1. The second kappa shape index (κ2) is 4.90. The maximum atomic E-state index is 12.1. The van der Waals surface area contributed by atoms with E-state index in [9.17, 15) is 4.79 Å². The first-order chi connectivity index (χ1) is 8.08. The molecular weight excluding hydrogens is 259 g/mol. The molecule has 2 aromatic rings. The van der Waals surface area contributed by atoms with Crippen LogP contribution in [0.3, 0.4) is 0 Å². The number of carbonyl (C=O) groups is 1. The third-order valence-electron chi connectivity index (χ3n) is 2.47. The quantitative estimate of drug-likeness (QED) is 0.797. The summed E-state index contributed by atoms with van der Waals surface area (Å²) in [7, 11) is 0. The van der Waals surface area contributed by atoms with Crippen LogP contribution in [0.1, 0.15) is 23.3 Å². The van der Waals surface area contributed by atoms with Crippen molar-refractivity contribution in [1.82, 2.24) is 9.78 Å². The van der Waals surface area contributed by atoms with Gasteiger partial charge in [-0.2, -0.15) is 5.10 Å². The van der Waals surface area contributed by atoms with Crippen LogP contribution < -0.4 is 0 Å². The number of hydrogen-bond donors (Lipinski definition) is 0. The van der Waals surface area contributed by atoms with Gasteiger partial charge < -0.3 is 0 Å². The molecule has 1 atom stereocenters. The molecule has 0 radical (unpaired) electrons. The summed E-state index contributed by atoms with van der Waals surface area (Å²) in [5.41, 5.74) is 0.605.